The molecule has 0 aliphatic heterocycles. The van der Waals surface area contributed by atoms with Gasteiger partial charge in [-0.2, -0.15) is 0 Å². The second-order valence-electron chi connectivity index (χ2n) is 3.44. The maximum atomic E-state index is 4.45. The summed E-state index contributed by atoms with van der Waals surface area (Å²) in [6, 6.07) is 5.81. The highest BCUT2D eigenvalue weighted by Gasteiger charge is 2.01. The highest BCUT2D eigenvalue weighted by Crippen LogP contribution is 2.23. The van der Waals surface area contributed by atoms with Gasteiger partial charge in [0, 0.05) is 12.7 Å². The van der Waals surface area contributed by atoms with E-state index in [0.717, 1.165) is 28.8 Å². The van der Waals surface area contributed by atoms with Crippen LogP contribution in [-0.2, 0) is 0 Å². The number of pyridine rings is 1. The first kappa shape index (κ1) is 11.9. The summed E-state index contributed by atoms with van der Waals surface area (Å²) < 4.78 is 0. The summed E-state index contributed by atoms with van der Waals surface area (Å²) in [5, 5.41) is 4.99. The number of nitrogens with one attached hydrogen (secondary N) is 1. The summed E-state index contributed by atoms with van der Waals surface area (Å²) in [7, 11) is 0. The van der Waals surface area contributed by atoms with Crippen LogP contribution in [0.25, 0.3) is 0 Å². The van der Waals surface area contributed by atoms with Crippen molar-refractivity contribution in [3.63, 3.8) is 0 Å². The average molecular weight is 246 g/mol. The van der Waals surface area contributed by atoms with E-state index in [1.807, 2.05) is 18.2 Å². The lowest BCUT2D eigenvalue weighted by Crippen LogP contribution is -2.02. The summed E-state index contributed by atoms with van der Waals surface area (Å²) in [6.07, 6.45) is 6.32. The first-order valence-corrected chi connectivity index (χ1v) is 6.35. The predicted molar refractivity (Wildman–Crippen MR) is 69.2 cm³/mol. The van der Waals surface area contributed by atoms with Gasteiger partial charge >= 0.3 is 0 Å². The van der Waals surface area contributed by atoms with Crippen LogP contribution in [0.15, 0.2) is 46.8 Å². The lowest BCUT2D eigenvalue weighted by atomic mass is 10.5. The van der Waals surface area contributed by atoms with Gasteiger partial charge in [-0.3, -0.25) is 4.98 Å². The van der Waals surface area contributed by atoms with Crippen LogP contribution in [0.4, 0.5) is 5.82 Å². The minimum atomic E-state index is 0.813. The molecular formula is C12H14N4S. The number of nitrogens with zero attached hydrogens (tertiary/aromatic N) is 3. The Balaban J connectivity index is 2.06. The zero-order valence-corrected chi connectivity index (χ0v) is 10.4. The summed E-state index contributed by atoms with van der Waals surface area (Å²) in [5.74, 6) is 0.813. The van der Waals surface area contributed by atoms with Gasteiger partial charge in [-0.05, 0) is 30.3 Å². The van der Waals surface area contributed by atoms with E-state index < -0.39 is 0 Å². The first-order chi connectivity index (χ1) is 8.38. The molecule has 0 aliphatic carbocycles. The summed E-state index contributed by atoms with van der Waals surface area (Å²) in [4.78, 5) is 12.9. The molecule has 0 fully saturated rings. The molecule has 0 saturated heterocycles. The molecule has 0 radical (unpaired) electrons. The van der Waals surface area contributed by atoms with Gasteiger partial charge in [0.2, 0.25) is 0 Å². The van der Waals surface area contributed by atoms with E-state index in [-0.39, 0.29) is 0 Å². The van der Waals surface area contributed by atoms with E-state index >= 15 is 0 Å². The van der Waals surface area contributed by atoms with E-state index in [2.05, 4.69) is 27.2 Å². The Morgan fingerprint density at radius 3 is 2.94 bits per heavy atom. The van der Waals surface area contributed by atoms with Crippen LogP contribution in [0.5, 0.6) is 0 Å². The number of hydrogen-bond donors (Lipinski definition) is 1. The molecule has 0 atom stereocenters. The predicted octanol–water partition coefficient (Wildman–Crippen LogP) is 2.84. The van der Waals surface area contributed by atoms with Gasteiger partial charge in [-0.25, -0.2) is 9.97 Å². The SMILES string of the molecule is CCCNc1cncc(Sc2ccccn2)n1. The average Bonchev–Trinajstić information content (AvgIpc) is 2.38. The Bertz CT molecular complexity index is 461. The van der Waals surface area contributed by atoms with Gasteiger partial charge in [0.05, 0.1) is 12.4 Å². The largest absolute Gasteiger partial charge is 0.369 e. The smallest absolute Gasteiger partial charge is 0.145 e. The van der Waals surface area contributed by atoms with Crippen molar-refractivity contribution in [3.05, 3.63) is 36.8 Å². The third-order valence-electron chi connectivity index (χ3n) is 2.02. The molecule has 4 nitrogen and oxygen atoms in total. The van der Waals surface area contributed by atoms with Gasteiger partial charge in [0.25, 0.3) is 0 Å². The number of anilines is 1. The molecule has 2 rings (SSSR count). The van der Waals surface area contributed by atoms with Crippen LogP contribution < -0.4 is 5.32 Å². The number of rotatable bonds is 5. The zero-order chi connectivity index (χ0) is 11.9. The molecule has 2 heterocycles. The second-order valence-corrected chi connectivity index (χ2v) is 4.48. The topological polar surface area (TPSA) is 50.7 Å². The second kappa shape index (κ2) is 6.20. The molecule has 0 saturated carbocycles. The van der Waals surface area contributed by atoms with Crippen molar-refractivity contribution in [1.29, 1.82) is 0 Å². The van der Waals surface area contributed by atoms with E-state index in [4.69, 9.17) is 0 Å². The fraction of sp³-hybridized carbons (Fsp3) is 0.250. The molecule has 17 heavy (non-hydrogen) atoms. The van der Waals surface area contributed by atoms with E-state index in [1.165, 1.54) is 11.8 Å². The van der Waals surface area contributed by atoms with Crippen LogP contribution >= 0.6 is 11.8 Å². The Labute approximate surface area is 105 Å². The third kappa shape index (κ3) is 3.71. The maximum absolute atomic E-state index is 4.45. The van der Waals surface area contributed by atoms with Gasteiger partial charge in [-0.1, -0.05) is 13.0 Å². The molecule has 0 aromatic carbocycles. The van der Waals surface area contributed by atoms with E-state index in [0.29, 0.717) is 0 Å². The highest BCUT2D eigenvalue weighted by atomic mass is 32.2. The molecule has 0 bridgehead atoms. The van der Waals surface area contributed by atoms with Crippen molar-refractivity contribution < 1.29 is 0 Å². The highest BCUT2D eigenvalue weighted by molar-refractivity contribution is 7.99. The van der Waals surface area contributed by atoms with Gasteiger partial charge in [-0.15, -0.1) is 0 Å². The lowest BCUT2D eigenvalue weighted by Gasteiger charge is -2.04. The Hall–Kier alpha value is -1.62. The van der Waals surface area contributed by atoms with Crippen LogP contribution in [-0.4, -0.2) is 21.5 Å². The van der Waals surface area contributed by atoms with Crippen molar-refractivity contribution in [2.45, 2.75) is 23.4 Å². The molecule has 2 aromatic heterocycles. The molecular weight excluding hydrogens is 232 g/mol. The monoisotopic (exact) mass is 246 g/mol. The molecule has 5 heteroatoms. The summed E-state index contributed by atoms with van der Waals surface area (Å²) >= 11 is 1.51. The van der Waals surface area contributed by atoms with Crippen molar-refractivity contribution in [2.75, 3.05) is 11.9 Å². The molecule has 0 amide bonds. The van der Waals surface area contributed by atoms with Crippen molar-refractivity contribution in [1.82, 2.24) is 15.0 Å². The number of hydrogen-bond acceptors (Lipinski definition) is 5. The van der Waals surface area contributed by atoms with Gasteiger partial charge in [0.1, 0.15) is 15.9 Å². The quantitative estimate of drug-likeness (QED) is 0.879. The molecule has 2 aromatic rings. The van der Waals surface area contributed by atoms with Crippen LogP contribution in [0.1, 0.15) is 13.3 Å². The number of aromatic nitrogens is 3. The lowest BCUT2D eigenvalue weighted by molar-refractivity contribution is 0.947. The van der Waals surface area contributed by atoms with Crippen molar-refractivity contribution in [2.24, 2.45) is 0 Å². The Morgan fingerprint density at radius 2 is 2.18 bits per heavy atom. The Kier molecular flexibility index (Phi) is 4.32. The van der Waals surface area contributed by atoms with E-state index in [9.17, 15) is 0 Å². The van der Waals surface area contributed by atoms with Crippen LogP contribution in [0, 0.1) is 0 Å². The summed E-state index contributed by atoms with van der Waals surface area (Å²) in [6.45, 7) is 3.03. The standard InChI is InChI=1S/C12H14N4S/c1-2-6-14-10-8-13-9-12(16-10)17-11-5-3-4-7-15-11/h3-5,7-9H,2,6H2,1H3,(H,14,16). The van der Waals surface area contributed by atoms with E-state index in [1.54, 1.807) is 18.6 Å². The van der Waals surface area contributed by atoms with Crippen molar-refractivity contribution >= 4 is 17.6 Å². The van der Waals surface area contributed by atoms with Crippen LogP contribution in [0.3, 0.4) is 0 Å². The third-order valence-corrected chi connectivity index (χ3v) is 2.87. The Morgan fingerprint density at radius 1 is 1.24 bits per heavy atom. The fourth-order valence-corrected chi connectivity index (χ4v) is 1.98. The van der Waals surface area contributed by atoms with Gasteiger partial charge in [0.15, 0.2) is 0 Å². The molecule has 0 unspecified atom stereocenters. The first-order valence-electron chi connectivity index (χ1n) is 5.53. The molecule has 0 aliphatic rings. The minimum absolute atomic E-state index is 0.813. The van der Waals surface area contributed by atoms with Gasteiger partial charge < -0.3 is 5.32 Å². The normalized spacial score (nSPS) is 10.2. The molecule has 0 spiro atoms. The minimum Gasteiger partial charge on any atom is -0.369 e. The molecule has 1 N–H and O–H groups in total. The van der Waals surface area contributed by atoms with Crippen LogP contribution in [0.2, 0.25) is 0 Å². The van der Waals surface area contributed by atoms with Crippen molar-refractivity contribution in [3.8, 4) is 0 Å². The maximum Gasteiger partial charge on any atom is 0.145 e. The summed E-state index contributed by atoms with van der Waals surface area (Å²) in [5.41, 5.74) is 0. The zero-order valence-electron chi connectivity index (χ0n) is 9.63. The molecule has 88 valence electrons. The fourth-order valence-electron chi connectivity index (χ4n) is 1.25.